The molecule has 10 nitrogen and oxygen atoms in total. The highest BCUT2D eigenvalue weighted by Crippen LogP contribution is 2.61. The lowest BCUT2D eigenvalue weighted by Crippen LogP contribution is -2.62. The molecular weight excluding hydrogens is 596 g/mol. The van der Waals surface area contributed by atoms with Gasteiger partial charge in [0, 0.05) is 54.5 Å². The number of para-hydroxylation sites is 1. The van der Waals surface area contributed by atoms with Gasteiger partial charge in [0.2, 0.25) is 5.91 Å². The molecule has 10 heteroatoms. The van der Waals surface area contributed by atoms with Gasteiger partial charge in [0.1, 0.15) is 17.9 Å². The number of benzene rings is 2. The third kappa shape index (κ3) is 6.75. The van der Waals surface area contributed by atoms with Gasteiger partial charge in [0.25, 0.3) is 5.91 Å². The molecule has 1 saturated heterocycles. The van der Waals surface area contributed by atoms with Gasteiger partial charge in [-0.15, -0.1) is 0 Å². The normalized spacial score (nSPS) is 28.8. The van der Waals surface area contributed by atoms with Crippen molar-refractivity contribution in [1.29, 1.82) is 0 Å². The van der Waals surface area contributed by atoms with Gasteiger partial charge in [-0.1, -0.05) is 39.0 Å². The zero-order valence-corrected chi connectivity index (χ0v) is 29.4. The number of carbonyl (C=O) groups is 2. The van der Waals surface area contributed by atoms with Gasteiger partial charge in [0.05, 0.1) is 26.4 Å². The second-order valence-electron chi connectivity index (χ2n) is 15.0. The number of rotatable bonds is 11. The van der Waals surface area contributed by atoms with E-state index < -0.39 is 24.2 Å². The molecule has 0 radical (unpaired) electrons. The van der Waals surface area contributed by atoms with Gasteiger partial charge in [-0.3, -0.25) is 14.4 Å². The number of hydrogen-bond donors (Lipinski definition) is 4. The van der Waals surface area contributed by atoms with Crippen molar-refractivity contribution in [3.05, 3.63) is 47.5 Å². The Labute approximate surface area is 279 Å². The first kappa shape index (κ1) is 35.1. The largest absolute Gasteiger partial charge is 0.496 e. The number of ether oxygens (including phenoxy) is 1. The van der Waals surface area contributed by atoms with Crippen LogP contribution in [0.3, 0.4) is 0 Å². The molecule has 2 bridgehead atoms. The third-order valence-electron chi connectivity index (χ3n) is 11.1. The number of anilines is 1. The quantitative estimate of drug-likeness (QED) is 0.285. The van der Waals surface area contributed by atoms with Gasteiger partial charge < -0.3 is 30.5 Å². The zero-order valence-electron chi connectivity index (χ0n) is 29.4. The van der Waals surface area contributed by atoms with E-state index in [4.69, 9.17) is 9.57 Å². The molecule has 0 unspecified atom stereocenters. The summed E-state index contributed by atoms with van der Waals surface area (Å²) in [6.45, 7) is 12.3. The van der Waals surface area contributed by atoms with Crippen molar-refractivity contribution >= 4 is 17.5 Å². The fraction of sp³-hybridized carbons (Fsp3) is 0.622. The maximum absolute atomic E-state index is 14.1. The van der Waals surface area contributed by atoms with E-state index in [2.05, 4.69) is 31.4 Å². The average molecular weight is 651 g/mol. The first-order valence-corrected chi connectivity index (χ1v) is 17.0. The van der Waals surface area contributed by atoms with E-state index in [-0.39, 0.29) is 37.0 Å². The Bertz CT molecular complexity index is 1460. The number of hydroxylamine groups is 2. The van der Waals surface area contributed by atoms with Crippen LogP contribution in [-0.4, -0.2) is 85.2 Å². The Hall–Kier alpha value is -3.18. The lowest BCUT2D eigenvalue weighted by Gasteiger charge is -2.62. The highest BCUT2D eigenvalue weighted by molar-refractivity contribution is 5.97. The highest BCUT2D eigenvalue weighted by Gasteiger charge is 2.57. The first-order valence-electron chi connectivity index (χ1n) is 17.0. The minimum Gasteiger partial charge on any atom is -0.496 e. The molecule has 0 spiro atoms. The SMILES string of the molecule is COc1c(CN2O[C@@H](CO)[C@@H]([C@H](C)O)[C@H]2C(=O)N[C@H]2C[C@H]3C[C@@H]([C@@H]2C)C3(C)C)cccc1-c1cc(C(=O)NC(C)C)cc(N(C)C)c1. The standard InChI is InChI=1S/C37H54N4O6/c1-20(2)38-35(44)25-13-24(14-27(15-25)40(7)8)28-12-10-11-23(34(28)46-9)18-41-33(32(22(4)43)31(19-42)47-41)36(45)39-30-17-26-16-29(21(30)3)37(26,5)6/h10-15,20-22,26,29-33,42-43H,16-19H2,1-9H3,(H,38,44)(H,39,45)/t21-,22-,26+,29-,30-,31-,32+,33-/m0/s1. The second kappa shape index (κ2) is 13.7. The molecule has 6 rings (SSSR count). The van der Waals surface area contributed by atoms with Crippen molar-refractivity contribution in [3.8, 4) is 16.9 Å². The summed E-state index contributed by atoms with van der Waals surface area (Å²) in [5, 5.41) is 29.0. The Morgan fingerprint density at radius 3 is 2.45 bits per heavy atom. The van der Waals surface area contributed by atoms with Crippen LogP contribution in [0.25, 0.3) is 11.1 Å². The summed E-state index contributed by atoms with van der Waals surface area (Å²) < 4.78 is 6.01. The number of fused-ring (bicyclic) bond motifs is 2. The van der Waals surface area contributed by atoms with E-state index in [1.54, 1.807) is 19.1 Å². The molecular formula is C37H54N4O6. The Balaban J connectivity index is 1.46. The summed E-state index contributed by atoms with van der Waals surface area (Å²) in [6, 6.07) is 10.7. The van der Waals surface area contributed by atoms with Crippen LogP contribution >= 0.6 is 0 Å². The van der Waals surface area contributed by atoms with Crippen molar-refractivity contribution in [2.75, 3.05) is 32.7 Å². The number of amides is 2. The molecule has 8 atom stereocenters. The molecule has 1 aliphatic heterocycles. The zero-order chi connectivity index (χ0) is 34.4. The lowest BCUT2D eigenvalue weighted by atomic mass is 9.45. The van der Waals surface area contributed by atoms with Crippen LogP contribution in [0.2, 0.25) is 0 Å². The summed E-state index contributed by atoms with van der Waals surface area (Å²) in [5.74, 6) is 1.09. The van der Waals surface area contributed by atoms with Crippen LogP contribution < -0.4 is 20.3 Å². The molecule has 2 aromatic carbocycles. The van der Waals surface area contributed by atoms with E-state index in [9.17, 15) is 19.8 Å². The molecule has 1 heterocycles. The third-order valence-corrected chi connectivity index (χ3v) is 11.1. The first-order chi connectivity index (χ1) is 22.2. The van der Waals surface area contributed by atoms with Gasteiger partial charge in [0.15, 0.2) is 0 Å². The van der Waals surface area contributed by atoms with Crippen molar-refractivity contribution in [2.24, 2.45) is 29.1 Å². The van der Waals surface area contributed by atoms with E-state index in [0.717, 1.165) is 28.8 Å². The molecule has 4 aliphatic rings. The molecule has 4 fully saturated rings. The predicted molar refractivity (Wildman–Crippen MR) is 183 cm³/mol. The highest BCUT2D eigenvalue weighted by atomic mass is 16.7. The van der Waals surface area contributed by atoms with Crippen LogP contribution in [0.1, 0.15) is 70.3 Å². The van der Waals surface area contributed by atoms with Gasteiger partial charge >= 0.3 is 0 Å². The van der Waals surface area contributed by atoms with Gasteiger partial charge in [-0.25, -0.2) is 0 Å². The maximum atomic E-state index is 14.1. The molecule has 2 amide bonds. The fourth-order valence-corrected chi connectivity index (χ4v) is 8.33. The summed E-state index contributed by atoms with van der Waals surface area (Å²) in [4.78, 5) is 35.4. The summed E-state index contributed by atoms with van der Waals surface area (Å²) in [6.07, 6.45) is 0.516. The van der Waals surface area contributed by atoms with Crippen molar-refractivity contribution in [1.82, 2.24) is 15.7 Å². The Morgan fingerprint density at radius 1 is 1.15 bits per heavy atom. The number of nitrogens with one attached hydrogen (secondary N) is 2. The van der Waals surface area contributed by atoms with E-state index >= 15 is 0 Å². The number of aliphatic hydroxyl groups is 2. The van der Waals surface area contributed by atoms with Crippen molar-refractivity contribution in [3.63, 3.8) is 0 Å². The molecule has 47 heavy (non-hydrogen) atoms. The maximum Gasteiger partial charge on any atom is 0.251 e. The minimum atomic E-state index is -0.888. The molecule has 4 N–H and O–H groups in total. The van der Waals surface area contributed by atoms with Gasteiger partial charge in [-0.05, 0) is 80.5 Å². The number of carbonyl (C=O) groups excluding carboxylic acids is 2. The minimum absolute atomic E-state index is 0.00972. The van der Waals surface area contributed by atoms with Crippen LogP contribution in [0, 0.1) is 29.1 Å². The van der Waals surface area contributed by atoms with E-state index in [1.807, 2.05) is 69.2 Å². The summed E-state index contributed by atoms with van der Waals surface area (Å²) >= 11 is 0. The average Bonchev–Trinajstić information content (AvgIpc) is 3.39. The van der Waals surface area contributed by atoms with Crippen LogP contribution in [0.4, 0.5) is 5.69 Å². The monoisotopic (exact) mass is 650 g/mol. The number of hydrogen-bond acceptors (Lipinski definition) is 8. The fourth-order valence-electron chi connectivity index (χ4n) is 8.33. The van der Waals surface area contributed by atoms with Crippen LogP contribution in [0.5, 0.6) is 5.75 Å². The molecule has 3 aliphatic carbocycles. The van der Waals surface area contributed by atoms with E-state index in [0.29, 0.717) is 34.5 Å². The molecule has 2 aromatic rings. The Morgan fingerprint density at radius 2 is 1.87 bits per heavy atom. The predicted octanol–water partition coefficient (Wildman–Crippen LogP) is 4.23. The van der Waals surface area contributed by atoms with Gasteiger partial charge in [-0.2, -0.15) is 5.06 Å². The van der Waals surface area contributed by atoms with E-state index in [1.165, 1.54) is 6.42 Å². The summed E-state index contributed by atoms with van der Waals surface area (Å²) in [5.41, 5.74) is 4.06. The van der Waals surface area contributed by atoms with Crippen LogP contribution in [-0.2, 0) is 16.2 Å². The summed E-state index contributed by atoms with van der Waals surface area (Å²) in [7, 11) is 5.47. The van der Waals surface area contributed by atoms with Crippen LogP contribution in [0.15, 0.2) is 36.4 Å². The molecule has 3 saturated carbocycles. The topological polar surface area (TPSA) is 124 Å². The Kier molecular flexibility index (Phi) is 10.3. The smallest absolute Gasteiger partial charge is 0.251 e. The lowest BCUT2D eigenvalue weighted by molar-refractivity contribution is -0.183. The van der Waals surface area contributed by atoms with Crippen molar-refractivity contribution in [2.45, 2.75) is 91.3 Å². The molecule has 258 valence electrons. The van der Waals surface area contributed by atoms with Crippen molar-refractivity contribution < 1.29 is 29.4 Å². The number of methoxy groups -OCH3 is 1. The number of aliphatic hydroxyl groups excluding tert-OH is 2. The molecule has 0 aromatic heterocycles. The number of nitrogens with zero attached hydrogens (tertiary/aromatic N) is 2. The second-order valence-corrected chi connectivity index (χ2v) is 15.0.